The molecular weight excluding hydrogens is 840 g/mol. The molecule has 4 N–H and O–H groups in total. The fraction of sp³-hybridized carbons (Fsp3) is 0.370. The van der Waals surface area contributed by atoms with Crippen molar-refractivity contribution in [2.45, 2.75) is 50.8 Å². The van der Waals surface area contributed by atoms with Crippen molar-refractivity contribution in [3.8, 4) is 5.69 Å². The number of allylic oxidation sites excluding steroid dienone is 1. The van der Waals surface area contributed by atoms with Crippen LogP contribution in [-0.2, 0) is 10.0 Å². The van der Waals surface area contributed by atoms with Crippen LogP contribution >= 0.6 is 11.6 Å². The molecule has 2 saturated heterocycles. The quantitative estimate of drug-likeness (QED) is 0.0696. The van der Waals surface area contributed by atoms with Gasteiger partial charge in [0.2, 0.25) is 0 Å². The Balaban J connectivity index is 0.976. The zero-order chi connectivity index (χ0) is 43.9. The molecule has 63 heavy (non-hydrogen) atoms. The summed E-state index contributed by atoms with van der Waals surface area (Å²) < 4.78 is 31.6. The molecule has 17 heteroatoms. The summed E-state index contributed by atoms with van der Waals surface area (Å²) >= 11 is 6.26. The number of fused-ring (bicyclic) bond motifs is 2. The molecule has 0 spiro atoms. The molecule has 0 bridgehead atoms. The Labute approximate surface area is 371 Å². The first-order chi connectivity index (χ1) is 30.3. The van der Waals surface area contributed by atoms with E-state index in [2.05, 4.69) is 66.2 Å². The Morgan fingerprint density at radius 3 is 2.54 bits per heavy atom. The predicted octanol–water partition coefficient (Wildman–Crippen LogP) is 7.78. The third-order valence-corrected chi connectivity index (χ3v) is 14.4. The number of pyridine rings is 1. The number of H-pyrrole nitrogens is 1. The molecule has 0 unspecified atom stereocenters. The molecule has 1 aliphatic carbocycles. The molecular formula is C46H51ClN10O5S. The van der Waals surface area contributed by atoms with Gasteiger partial charge in [-0.05, 0) is 122 Å². The lowest BCUT2D eigenvalue weighted by Crippen LogP contribution is -2.47. The number of nitro benzene ring substituents is 1. The van der Waals surface area contributed by atoms with Crippen LogP contribution in [0.3, 0.4) is 0 Å². The second-order valence-electron chi connectivity index (χ2n) is 17.7. The molecule has 2 aliphatic heterocycles. The van der Waals surface area contributed by atoms with Crippen LogP contribution in [0, 0.1) is 21.4 Å². The molecule has 3 aliphatic rings. The number of nitrogens with one attached hydrogen (secondary N) is 4. The maximum atomic E-state index is 14.2. The Morgan fingerprint density at radius 1 is 1.00 bits per heavy atom. The molecule has 0 atom stereocenters. The molecule has 3 aromatic heterocycles. The second kappa shape index (κ2) is 17.4. The minimum absolute atomic E-state index is 0.0760. The molecule has 0 radical (unpaired) electrons. The monoisotopic (exact) mass is 890 g/mol. The van der Waals surface area contributed by atoms with Gasteiger partial charge in [0, 0.05) is 73.8 Å². The van der Waals surface area contributed by atoms with Crippen molar-refractivity contribution in [1.82, 2.24) is 34.7 Å². The summed E-state index contributed by atoms with van der Waals surface area (Å²) in [7, 11) is -4.55. The van der Waals surface area contributed by atoms with Gasteiger partial charge in [0.1, 0.15) is 11.2 Å². The Hall–Kier alpha value is -5.81. The summed E-state index contributed by atoms with van der Waals surface area (Å²) in [4.78, 5) is 39.1. The number of piperidine rings is 1. The second-order valence-corrected chi connectivity index (χ2v) is 19.8. The number of anilines is 2. The highest BCUT2D eigenvalue weighted by Gasteiger charge is 2.31. The van der Waals surface area contributed by atoms with Gasteiger partial charge < -0.3 is 15.5 Å². The highest BCUT2D eigenvalue weighted by atomic mass is 35.5. The number of hydrogen-bond donors (Lipinski definition) is 4. The van der Waals surface area contributed by atoms with E-state index in [1.165, 1.54) is 28.8 Å². The van der Waals surface area contributed by atoms with Gasteiger partial charge >= 0.3 is 0 Å². The van der Waals surface area contributed by atoms with E-state index in [1.807, 2.05) is 36.4 Å². The zero-order valence-corrected chi connectivity index (χ0v) is 36.9. The van der Waals surface area contributed by atoms with Crippen molar-refractivity contribution in [3.05, 3.63) is 117 Å². The largest absolute Gasteiger partial charge is 0.379 e. The van der Waals surface area contributed by atoms with Crippen molar-refractivity contribution < 1.29 is 18.1 Å². The Kier molecular flexibility index (Phi) is 11.7. The molecule has 0 saturated carbocycles. The number of nitro groups is 1. The topological polar surface area (TPSA) is 183 Å². The summed E-state index contributed by atoms with van der Waals surface area (Å²) in [6.07, 6.45) is 8.48. The van der Waals surface area contributed by atoms with Crippen LogP contribution in [0.15, 0.2) is 95.7 Å². The summed E-state index contributed by atoms with van der Waals surface area (Å²) in [6, 6.07) is 21.0. The van der Waals surface area contributed by atoms with Gasteiger partial charge in [-0.25, -0.2) is 23.1 Å². The van der Waals surface area contributed by atoms with Crippen LogP contribution < -0.4 is 20.3 Å². The fourth-order valence-electron chi connectivity index (χ4n) is 9.16. The minimum atomic E-state index is -4.55. The van der Waals surface area contributed by atoms with Crippen LogP contribution in [0.2, 0.25) is 5.02 Å². The number of piperazine rings is 1. The number of nitrogens with zero attached hydrogens (tertiary/aromatic N) is 6. The number of rotatable bonds is 12. The van der Waals surface area contributed by atoms with Crippen molar-refractivity contribution >= 4 is 72.2 Å². The summed E-state index contributed by atoms with van der Waals surface area (Å²) in [5, 5.41) is 23.4. The van der Waals surface area contributed by atoms with Gasteiger partial charge in [-0.3, -0.25) is 29.6 Å². The third-order valence-electron chi connectivity index (χ3n) is 12.8. The first-order valence-corrected chi connectivity index (χ1v) is 23.4. The lowest BCUT2D eigenvalue weighted by Gasteiger charge is -2.39. The molecule has 6 aromatic rings. The molecule has 5 heterocycles. The highest BCUT2D eigenvalue weighted by Crippen LogP contribution is 2.43. The Bertz CT molecular complexity index is 2840. The lowest BCUT2D eigenvalue weighted by atomic mass is 9.72. The number of aromatic nitrogens is 4. The van der Waals surface area contributed by atoms with E-state index in [0.717, 1.165) is 100 Å². The first-order valence-electron chi connectivity index (χ1n) is 21.5. The van der Waals surface area contributed by atoms with Gasteiger partial charge in [0.25, 0.3) is 21.6 Å². The van der Waals surface area contributed by atoms with E-state index >= 15 is 0 Å². The van der Waals surface area contributed by atoms with Crippen molar-refractivity contribution in [2.24, 2.45) is 11.3 Å². The van der Waals surface area contributed by atoms with Crippen molar-refractivity contribution in [2.75, 3.05) is 62.6 Å². The summed E-state index contributed by atoms with van der Waals surface area (Å²) in [5.41, 5.74) is 7.39. The molecule has 1 amide bonds. The van der Waals surface area contributed by atoms with Crippen molar-refractivity contribution in [3.63, 3.8) is 0 Å². The SMILES string of the molecule is CC1(C)CCC(CN2CCN(c3ccc(C(=O)NS(=O)(=O)c4ccc(NCC5CCNCC5)c([N+](=O)[O-])c4)c(-n4[nH]cc5nc6nccc6cc54)c3)CC2)=C(c2ccc(Cl)cc2)C1. The van der Waals surface area contributed by atoms with Gasteiger partial charge in [-0.2, -0.15) is 0 Å². The molecule has 9 rings (SSSR count). The maximum Gasteiger partial charge on any atom is 0.293 e. The highest BCUT2D eigenvalue weighted by molar-refractivity contribution is 7.90. The Morgan fingerprint density at radius 2 is 1.78 bits per heavy atom. The van der Waals surface area contributed by atoms with E-state index in [0.29, 0.717) is 34.8 Å². The molecule has 328 valence electrons. The normalized spacial score (nSPS) is 17.7. The van der Waals surface area contributed by atoms with Crippen LogP contribution in [0.25, 0.3) is 33.3 Å². The van der Waals surface area contributed by atoms with E-state index in [9.17, 15) is 23.3 Å². The molecule has 15 nitrogen and oxygen atoms in total. The van der Waals surface area contributed by atoms with Crippen LogP contribution in [0.1, 0.15) is 61.9 Å². The summed E-state index contributed by atoms with van der Waals surface area (Å²) in [6.45, 7) is 11.0. The number of carbonyl (C=O) groups is 1. The first kappa shape index (κ1) is 42.5. The van der Waals surface area contributed by atoms with Crippen LogP contribution in [-0.4, -0.2) is 96.3 Å². The van der Waals surface area contributed by atoms with E-state index < -0.39 is 25.7 Å². The average molecular weight is 891 g/mol. The lowest BCUT2D eigenvalue weighted by molar-refractivity contribution is -0.384. The van der Waals surface area contributed by atoms with Crippen molar-refractivity contribution in [1.29, 1.82) is 0 Å². The molecule has 3 aromatic carbocycles. The number of sulfonamides is 1. The van der Waals surface area contributed by atoms with Gasteiger partial charge in [0.15, 0.2) is 5.65 Å². The number of aromatic amines is 1. The predicted molar refractivity (Wildman–Crippen MR) is 247 cm³/mol. The summed E-state index contributed by atoms with van der Waals surface area (Å²) in [5.74, 6) is -0.555. The van der Waals surface area contributed by atoms with E-state index in [4.69, 9.17) is 11.6 Å². The number of hydrogen-bond acceptors (Lipinski definition) is 11. The zero-order valence-electron chi connectivity index (χ0n) is 35.4. The van der Waals surface area contributed by atoms with Gasteiger partial charge in [-0.1, -0.05) is 43.2 Å². The van der Waals surface area contributed by atoms with Gasteiger partial charge in [0.05, 0.1) is 26.6 Å². The number of amides is 1. The number of halogens is 1. The van der Waals surface area contributed by atoms with E-state index in [1.54, 1.807) is 23.1 Å². The molecule has 2 fully saturated rings. The number of carbonyl (C=O) groups excluding carboxylic acids is 1. The number of benzene rings is 3. The van der Waals surface area contributed by atoms with Crippen LogP contribution in [0.5, 0.6) is 0 Å². The van der Waals surface area contributed by atoms with Crippen LogP contribution in [0.4, 0.5) is 17.1 Å². The minimum Gasteiger partial charge on any atom is -0.379 e. The van der Waals surface area contributed by atoms with E-state index in [-0.39, 0.29) is 22.4 Å². The average Bonchev–Trinajstić information content (AvgIpc) is 3.92. The fourth-order valence-corrected chi connectivity index (χ4v) is 10.3. The maximum absolute atomic E-state index is 14.2. The third kappa shape index (κ3) is 9.16. The standard InChI is InChI=1S/C46H51ClN10O5S/c1-46(2)15-11-33(38(26-46)31-3-5-34(47)6-4-31)29-54-19-21-55(22-20-54)35-7-9-37(41(24-35)56-42-23-32-14-18-49-44(32)52-40(42)28-51-56)45(58)53-63(61,62)36-8-10-39(43(25-36)57(59)60)50-27-30-12-16-48-17-13-30/h3-10,14,18,23-25,28,30,48,50-51H,11-13,15-17,19-22,26-27,29H2,1-2H3,(H,53,58). The van der Waals surface area contributed by atoms with Gasteiger partial charge in [-0.15, -0.1) is 0 Å². The smallest absolute Gasteiger partial charge is 0.293 e.